The van der Waals surface area contributed by atoms with Crippen molar-refractivity contribution in [3.8, 4) is 0 Å². The lowest BCUT2D eigenvalue weighted by atomic mass is 9.95. The minimum Gasteiger partial charge on any atom is -0.377 e. The largest absolute Gasteiger partial charge is 0.377 e. The summed E-state index contributed by atoms with van der Waals surface area (Å²) in [5.74, 6) is 0. The van der Waals surface area contributed by atoms with Crippen molar-refractivity contribution in [3.05, 3.63) is 33.9 Å². The van der Waals surface area contributed by atoms with Gasteiger partial charge < -0.3 is 5.32 Å². The molecule has 0 atom stereocenters. The maximum Gasteiger partial charge on any atom is 0.292 e. The van der Waals surface area contributed by atoms with Gasteiger partial charge in [0, 0.05) is 12.1 Å². The van der Waals surface area contributed by atoms with Crippen LogP contribution in [0.5, 0.6) is 0 Å². The Morgan fingerprint density at radius 2 is 2.06 bits per heavy atom. The fourth-order valence-corrected chi connectivity index (χ4v) is 2.54. The van der Waals surface area contributed by atoms with Crippen LogP contribution in [-0.4, -0.2) is 11.0 Å². The van der Waals surface area contributed by atoms with Crippen molar-refractivity contribution < 1.29 is 4.92 Å². The van der Waals surface area contributed by atoms with Gasteiger partial charge in [-0.15, -0.1) is 0 Å². The number of benzene rings is 1. The number of nitro groups is 1. The monoisotopic (exact) mass is 248 g/mol. The fourth-order valence-electron chi connectivity index (χ4n) is 2.54. The highest BCUT2D eigenvalue weighted by atomic mass is 16.6. The van der Waals surface area contributed by atoms with Gasteiger partial charge in [0.2, 0.25) is 0 Å². The first-order valence-corrected chi connectivity index (χ1v) is 6.74. The maximum absolute atomic E-state index is 11.0. The third-order valence-corrected chi connectivity index (χ3v) is 3.63. The fraction of sp³-hybridized carbons (Fsp3) is 0.571. The highest BCUT2D eigenvalue weighted by Gasteiger charge is 2.19. The van der Waals surface area contributed by atoms with Gasteiger partial charge in [0.1, 0.15) is 5.69 Å². The summed E-state index contributed by atoms with van der Waals surface area (Å²) in [5.41, 5.74) is 2.02. The number of rotatable bonds is 4. The summed E-state index contributed by atoms with van der Waals surface area (Å²) in [6, 6.07) is 5.77. The van der Waals surface area contributed by atoms with E-state index in [-0.39, 0.29) is 10.6 Å². The minimum absolute atomic E-state index is 0.192. The van der Waals surface area contributed by atoms with Crippen LogP contribution in [0.1, 0.15) is 44.6 Å². The molecule has 0 bridgehead atoms. The minimum atomic E-state index is -0.301. The number of nitrogens with zero attached hydrogens (tertiary/aromatic N) is 1. The summed E-state index contributed by atoms with van der Waals surface area (Å²) in [7, 11) is 0. The first-order valence-electron chi connectivity index (χ1n) is 6.74. The molecule has 0 saturated heterocycles. The Bertz CT molecular complexity index is 426. The number of anilines is 1. The second-order valence-corrected chi connectivity index (χ2v) is 4.94. The van der Waals surface area contributed by atoms with Crippen LogP contribution < -0.4 is 5.32 Å². The molecule has 4 nitrogen and oxygen atoms in total. The van der Waals surface area contributed by atoms with Gasteiger partial charge in [-0.1, -0.05) is 32.3 Å². The van der Waals surface area contributed by atoms with Crippen molar-refractivity contribution in [2.75, 3.05) is 5.32 Å². The van der Waals surface area contributed by atoms with Gasteiger partial charge in [-0.2, -0.15) is 0 Å². The number of nitrogens with one attached hydrogen (secondary N) is 1. The molecule has 1 fully saturated rings. The second kappa shape index (κ2) is 5.85. The first-order chi connectivity index (χ1) is 8.70. The Morgan fingerprint density at radius 3 is 2.67 bits per heavy atom. The standard InChI is InChI=1S/C14H20N2O2/c1-2-11-8-9-14(16(17)18)13(10-11)15-12-6-4-3-5-7-12/h8-10,12,15H,2-7H2,1H3. The van der Waals surface area contributed by atoms with E-state index in [2.05, 4.69) is 12.2 Å². The smallest absolute Gasteiger partial charge is 0.292 e. The molecule has 0 unspecified atom stereocenters. The van der Waals surface area contributed by atoms with E-state index in [9.17, 15) is 10.1 Å². The van der Waals surface area contributed by atoms with Gasteiger partial charge in [0.15, 0.2) is 0 Å². The van der Waals surface area contributed by atoms with Crippen LogP contribution in [0.4, 0.5) is 11.4 Å². The summed E-state index contributed by atoms with van der Waals surface area (Å²) in [6.07, 6.45) is 6.87. The van der Waals surface area contributed by atoms with Gasteiger partial charge in [-0.25, -0.2) is 0 Å². The molecule has 0 amide bonds. The molecule has 4 heteroatoms. The second-order valence-electron chi connectivity index (χ2n) is 4.94. The van der Waals surface area contributed by atoms with Crippen LogP contribution >= 0.6 is 0 Å². The zero-order valence-corrected chi connectivity index (χ0v) is 10.8. The number of hydrogen-bond acceptors (Lipinski definition) is 3. The molecule has 1 aromatic rings. The summed E-state index contributed by atoms with van der Waals surface area (Å²) >= 11 is 0. The molecule has 0 aliphatic heterocycles. The van der Waals surface area contributed by atoms with E-state index >= 15 is 0 Å². The molecular formula is C14H20N2O2. The lowest BCUT2D eigenvalue weighted by Gasteiger charge is -2.23. The molecule has 1 aliphatic rings. The number of nitro benzene ring substituents is 1. The molecular weight excluding hydrogens is 228 g/mol. The van der Waals surface area contributed by atoms with Crippen molar-refractivity contribution in [1.82, 2.24) is 0 Å². The van der Waals surface area contributed by atoms with E-state index in [1.807, 2.05) is 12.1 Å². The van der Waals surface area contributed by atoms with E-state index < -0.39 is 0 Å². The first kappa shape index (κ1) is 12.9. The van der Waals surface area contributed by atoms with Crippen molar-refractivity contribution in [3.63, 3.8) is 0 Å². The topological polar surface area (TPSA) is 55.2 Å². The van der Waals surface area contributed by atoms with E-state index in [4.69, 9.17) is 0 Å². The van der Waals surface area contributed by atoms with Crippen LogP contribution in [0, 0.1) is 10.1 Å². The highest BCUT2D eigenvalue weighted by molar-refractivity contribution is 5.63. The molecule has 0 aromatic heterocycles. The molecule has 2 rings (SSSR count). The van der Waals surface area contributed by atoms with Crippen LogP contribution in [0.25, 0.3) is 0 Å². The van der Waals surface area contributed by atoms with Crippen molar-refractivity contribution in [2.45, 2.75) is 51.5 Å². The van der Waals surface area contributed by atoms with Gasteiger partial charge in [0.05, 0.1) is 4.92 Å². The van der Waals surface area contributed by atoms with E-state index in [0.717, 1.165) is 24.8 Å². The SMILES string of the molecule is CCc1ccc([N+](=O)[O-])c(NC2CCCCC2)c1. The maximum atomic E-state index is 11.0. The molecule has 0 radical (unpaired) electrons. The highest BCUT2D eigenvalue weighted by Crippen LogP contribution is 2.29. The van der Waals surface area contributed by atoms with Gasteiger partial charge in [0.25, 0.3) is 5.69 Å². The third kappa shape index (κ3) is 3.00. The van der Waals surface area contributed by atoms with Crippen molar-refractivity contribution >= 4 is 11.4 Å². The molecule has 1 N–H and O–H groups in total. The zero-order valence-electron chi connectivity index (χ0n) is 10.8. The summed E-state index contributed by atoms with van der Waals surface area (Å²) in [5, 5.41) is 14.4. The Morgan fingerprint density at radius 1 is 1.33 bits per heavy atom. The predicted molar refractivity (Wildman–Crippen MR) is 73.0 cm³/mol. The summed E-state index contributed by atoms with van der Waals surface area (Å²) < 4.78 is 0. The number of aryl methyl sites for hydroxylation is 1. The quantitative estimate of drug-likeness (QED) is 0.649. The van der Waals surface area contributed by atoms with Crippen LogP contribution in [-0.2, 0) is 6.42 Å². The average molecular weight is 248 g/mol. The van der Waals surface area contributed by atoms with Gasteiger partial charge in [-0.05, 0) is 30.9 Å². The number of hydrogen-bond donors (Lipinski definition) is 1. The molecule has 0 spiro atoms. The Hall–Kier alpha value is -1.58. The van der Waals surface area contributed by atoms with Crippen LogP contribution in [0.15, 0.2) is 18.2 Å². The molecule has 98 valence electrons. The lowest BCUT2D eigenvalue weighted by molar-refractivity contribution is -0.384. The van der Waals surface area contributed by atoms with E-state index in [1.54, 1.807) is 6.07 Å². The molecule has 1 aromatic carbocycles. The Balaban J connectivity index is 2.19. The van der Waals surface area contributed by atoms with Crippen molar-refractivity contribution in [1.29, 1.82) is 0 Å². The molecule has 0 heterocycles. The van der Waals surface area contributed by atoms with Crippen LogP contribution in [0.2, 0.25) is 0 Å². The summed E-state index contributed by atoms with van der Waals surface area (Å²) in [4.78, 5) is 10.7. The van der Waals surface area contributed by atoms with E-state index in [0.29, 0.717) is 11.7 Å². The van der Waals surface area contributed by atoms with Crippen LogP contribution in [0.3, 0.4) is 0 Å². The third-order valence-electron chi connectivity index (χ3n) is 3.63. The lowest BCUT2D eigenvalue weighted by Crippen LogP contribution is -2.22. The zero-order chi connectivity index (χ0) is 13.0. The molecule has 1 saturated carbocycles. The predicted octanol–water partition coefficient (Wildman–Crippen LogP) is 3.90. The van der Waals surface area contributed by atoms with Gasteiger partial charge in [-0.3, -0.25) is 10.1 Å². The molecule has 18 heavy (non-hydrogen) atoms. The summed E-state index contributed by atoms with van der Waals surface area (Å²) in [6.45, 7) is 2.06. The van der Waals surface area contributed by atoms with Gasteiger partial charge >= 0.3 is 0 Å². The Labute approximate surface area is 108 Å². The van der Waals surface area contributed by atoms with E-state index in [1.165, 1.54) is 19.3 Å². The molecule has 1 aliphatic carbocycles. The van der Waals surface area contributed by atoms with Crippen molar-refractivity contribution in [2.24, 2.45) is 0 Å². The average Bonchev–Trinajstić information content (AvgIpc) is 2.39. The Kier molecular flexibility index (Phi) is 4.18. The normalized spacial score (nSPS) is 16.5.